The maximum absolute atomic E-state index is 11.8. The fraction of sp³-hybridized carbons (Fsp3) is 0.250. The Hall–Kier alpha value is -2.20. The first-order valence-corrected chi connectivity index (χ1v) is 6.47. The highest BCUT2D eigenvalue weighted by Crippen LogP contribution is 2.19. The van der Waals surface area contributed by atoms with Crippen LogP contribution in [0.25, 0.3) is 10.8 Å². The molecule has 0 amide bonds. The number of carbonyl (C=O) groups is 1. The smallest absolute Gasteiger partial charge is 0.310 e. The highest BCUT2D eigenvalue weighted by molar-refractivity contribution is 5.88. The zero-order valence-corrected chi connectivity index (χ0v) is 11.1. The van der Waals surface area contributed by atoms with Gasteiger partial charge in [-0.25, -0.2) is 0 Å². The van der Waals surface area contributed by atoms with Crippen LogP contribution >= 0.6 is 0 Å². The number of benzene rings is 2. The summed E-state index contributed by atoms with van der Waals surface area (Å²) in [5, 5.41) is 2.18. The molecule has 0 aliphatic carbocycles. The second-order valence-electron chi connectivity index (χ2n) is 4.29. The van der Waals surface area contributed by atoms with Gasteiger partial charge in [0.25, 0.3) is 0 Å². The third-order valence-corrected chi connectivity index (χ3v) is 2.90. The van der Waals surface area contributed by atoms with Gasteiger partial charge in [-0.3, -0.25) is 9.59 Å². The fourth-order valence-corrected chi connectivity index (χ4v) is 2.00. The zero-order valence-electron chi connectivity index (χ0n) is 11.1. The Kier molecular flexibility index (Phi) is 5.26. The fourth-order valence-electron chi connectivity index (χ4n) is 2.00. The molecule has 2 aromatic carbocycles. The van der Waals surface area contributed by atoms with Crippen molar-refractivity contribution >= 4 is 23.0 Å². The summed E-state index contributed by atoms with van der Waals surface area (Å²) in [4.78, 5) is 20.2. The lowest BCUT2D eigenvalue weighted by Crippen LogP contribution is -2.13. The summed E-state index contributed by atoms with van der Waals surface area (Å²) in [6.45, 7) is 0.608. The van der Waals surface area contributed by atoms with E-state index >= 15 is 0 Å². The normalized spacial score (nSPS) is 10.4. The van der Waals surface area contributed by atoms with Gasteiger partial charge in [0, 0.05) is 0 Å². The Labute approximate surface area is 117 Å². The molecule has 0 saturated carbocycles. The molecule has 4 nitrogen and oxygen atoms in total. The van der Waals surface area contributed by atoms with Crippen LogP contribution in [0.2, 0.25) is 0 Å². The number of carbonyl (C=O) groups excluding carboxylic acids is 2. The molecule has 0 atom stereocenters. The van der Waals surface area contributed by atoms with Crippen molar-refractivity contribution in [1.29, 1.82) is 0 Å². The number of hydrogen-bond donors (Lipinski definition) is 0. The van der Waals surface area contributed by atoms with Crippen molar-refractivity contribution in [2.75, 3.05) is 19.8 Å². The van der Waals surface area contributed by atoms with E-state index in [0.717, 1.165) is 22.6 Å². The SMILES string of the molecule is O=C(Cc1cccc2ccccc12)OCCOCC=[OH+]. The Morgan fingerprint density at radius 1 is 1.10 bits per heavy atom. The van der Waals surface area contributed by atoms with Gasteiger partial charge in [-0.1, -0.05) is 42.5 Å². The van der Waals surface area contributed by atoms with Crippen molar-refractivity contribution in [3.05, 3.63) is 48.0 Å². The first-order valence-electron chi connectivity index (χ1n) is 6.47. The van der Waals surface area contributed by atoms with E-state index < -0.39 is 0 Å². The van der Waals surface area contributed by atoms with Gasteiger partial charge in [-0.2, -0.15) is 0 Å². The van der Waals surface area contributed by atoms with Crippen LogP contribution in [0.4, 0.5) is 0 Å². The monoisotopic (exact) mass is 273 g/mol. The topological polar surface area (TPSA) is 56.9 Å². The lowest BCUT2D eigenvalue weighted by atomic mass is 10.0. The second-order valence-corrected chi connectivity index (χ2v) is 4.29. The van der Waals surface area contributed by atoms with Gasteiger partial charge < -0.3 is 9.47 Å². The van der Waals surface area contributed by atoms with Crippen molar-refractivity contribution in [1.82, 2.24) is 0 Å². The van der Waals surface area contributed by atoms with E-state index in [4.69, 9.17) is 14.3 Å². The minimum absolute atomic E-state index is 0.140. The van der Waals surface area contributed by atoms with E-state index in [1.807, 2.05) is 42.5 Å². The van der Waals surface area contributed by atoms with Crippen LogP contribution in [-0.4, -0.2) is 36.9 Å². The number of aldehydes is 1. The molecule has 0 unspecified atom stereocenters. The molecule has 1 N–H and O–H groups in total. The van der Waals surface area contributed by atoms with Gasteiger partial charge in [-0.15, -0.1) is 0 Å². The minimum Gasteiger partial charge on any atom is -0.463 e. The average molecular weight is 273 g/mol. The van der Waals surface area contributed by atoms with Crippen molar-refractivity contribution < 1.29 is 19.1 Å². The van der Waals surface area contributed by atoms with Crippen LogP contribution in [0.15, 0.2) is 42.5 Å². The van der Waals surface area contributed by atoms with Crippen LogP contribution < -0.4 is 0 Å². The molecule has 0 aromatic heterocycles. The van der Waals surface area contributed by atoms with Gasteiger partial charge in [0.05, 0.1) is 13.0 Å². The number of hydrogen-bond acceptors (Lipinski definition) is 3. The molecule has 0 saturated heterocycles. The van der Waals surface area contributed by atoms with E-state index in [1.165, 1.54) is 0 Å². The summed E-state index contributed by atoms with van der Waals surface area (Å²) < 4.78 is 10.1. The molecular weight excluding hydrogens is 256 g/mol. The molecule has 2 rings (SSSR count). The maximum atomic E-state index is 11.8. The first-order chi connectivity index (χ1) is 9.81. The van der Waals surface area contributed by atoms with Gasteiger partial charge in [0.15, 0.2) is 6.61 Å². The molecule has 104 valence electrons. The highest BCUT2D eigenvalue weighted by Gasteiger charge is 2.07. The van der Waals surface area contributed by atoms with Crippen molar-refractivity contribution in [3.8, 4) is 0 Å². The minimum atomic E-state index is -0.280. The van der Waals surface area contributed by atoms with Gasteiger partial charge in [0.1, 0.15) is 6.61 Å². The van der Waals surface area contributed by atoms with Gasteiger partial charge in [0.2, 0.25) is 0 Å². The summed E-state index contributed by atoms with van der Waals surface area (Å²) in [6.07, 6.45) is 1.16. The average Bonchev–Trinajstić information content (AvgIpc) is 2.47. The number of esters is 1. The predicted molar refractivity (Wildman–Crippen MR) is 77.4 cm³/mol. The Morgan fingerprint density at radius 2 is 1.90 bits per heavy atom. The standard InChI is InChI=1S/C16H16O4/c17-8-9-19-10-11-20-16(18)12-14-6-3-5-13-4-1-2-7-15(13)14/h1-8H,9-12H2/p+1. The summed E-state index contributed by atoms with van der Waals surface area (Å²) in [5.41, 5.74) is 0.956. The zero-order chi connectivity index (χ0) is 14.2. The number of rotatable bonds is 7. The van der Waals surface area contributed by atoms with Crippen LogP contribution in [-0.2, 0) is 20.7 Å². The molecule has 0 aliphatic rings. The van der Waals surface area contributed by atoms with E-state index in [-0.39, 0.29) is 32.2 Å². The second kappa shape index (κ2) is 7.40. The molecule has 2 aromatic rings. The van der Waals surface area contributed by atoms with Crippen molar-refractivity contribution in [3.63, 3.8) is 0 Å². The molecule has 0 aliphatic heterocycles. The molecule has 0 radical (unpaired) electrons. The molecule has 4 heteroatoms. The number of ether oxygens (including phenoxy) is 2. The molecular formula is C16H17O4+. The summed E-state index contributed by atoms with van der Waals surface area (Å²) in [7, 11) is 0. The molecule has 0 heterocycles. The molecule has 0 fully saturated rings. The van der Waals surface area contributed by atoms with Gasteiger partial charge in [-0.05, 0) is 16.3 Å². The van der Waals surface area contributed by atoms with Crippen molar-refractivity contribution in [2.24, 2.45) is 0 Å². The third kappa shape index (κ3) is 3.90. The summed E-state index contributed by atoms with van der Waals surface area (Å²) in [6, 6.07) is 13.8. The van der Waals surface area contributed by atoms with Crippen molar-refractivity contribution in [2.45, 2.75) is 6.42 Å². The van der Waals surface area contributed by atoms with E-state index in [1.54, 1.807) is 0 Å². The summed E-state index contributed by atoms with van der Waals surface area (Å²) >= 11 is 0. The Balaban J connectivity index is 1.91. The van der Waals surface area contributed by atoms with Crippen LogP contribution in [0.3, 0.4) is 0 Å². The Morgan fingerprint density at radius 3 is 2.75 bits per heavy atom. The van der Waals surface area contributed by atoms with E-state index in [9.17, 15) is 4.79 Å². The largest absolute Gasteiger partial charge is 0.463 e. The molecule has 0 bridgehead atoms. The third-order valence-electron chi connectivity index (χ3n) is 2.90. The molecule has 20 heavy (non-hydrogen) atoms. The summed E-state index contributed by atoms with van der Waals surface area (Å²) in [5.74, 6) is -0.280. The van der Waals surface area contributed by atoms with E-state index in [0.29, 0.717) is 0 Å². The van der Waals surface area contributed by atoms with E-state index in [2.05, 4.69) is 0 Å². The van der Waals surface area contributed by atoms with Crippen LogP contribution in [0, 0.1) is 0 Å². The first kappa shape index (κ1) is 14.2. The Bertz CT molecular complexity index is 587. The number of fused-ring (bicyclic) bond motifs is 1. The van der Waals surface area contributed by atoms with Gasteiger partial charge >= 0.3 is 12.3 Å². The highest BCUT2D eigenvalue weighted by atomic mass is 16.6. The van der Waals surface area contributed by atoms with Crippen LogP contribution in [0.5, 0.6) is 0 Å². The van der Waals surface area contributed by atoms with Crippen LogP contribution in [0.1, 0.15) is 5.56 Å². The maximum Gasteiger partial charge on any atom is 0.310 e. The quantitative estimate of drug-likeness (QED) is 0.336. The predicted octanol–water partition coefficient (Wildman–Crippen LogP) is 2.12. The molecule has 0 spiro atoms. The lowest BCUT2D eigenvalue weighted by molar-refractivity contribution is -0.144. The lowest BCUT2D eigenvalue weighted by Gasteiger charge is -2.07.